The lowest BCUT2D eigenvalue weighted by Crippen LogP contribution is -2.49. The Morgan fingerprint density at radius 1 is 1.08 bits per heavy atom. The third-order valence-electron chi connectivity index (χ3n) is 3.73. The molecule has 1 fully saturated rings. The molecule has 0 bridgehead atoms. The Kier molecular flexibility index (Phi) is 5.49. The fraction of sp³-hybridized carbons (Fsp3) is 0.467. The summed E-state index contributed by atoms with van der Waals surface area (Å²) >= 11 is 0. The van der Waals surface area contributed by atoms with Crippen LogP contribution >= 0.6 is 0 Å². The van der Waals surface area contributed by atoms with Crippen LogP contribution < -0.4 is 0 Å². The molecule has 0 spiro atoms. The first-order valence-corrected chi connectivity index (χ1v) is 7.29. The minimum absolute atomic E-state index is 0.00700. The van der Waals surface area contributed by atoms with Crippen molar-refractivity contribution in [2.75, 3.05) is 19.8 Å². The summed E-state index contributed by atoms with van der Waals surface area (Å²) in [5.74, 6) is -2.39. The fourth-order valence-electron chi connectivity index (χ4n) is 2.54. The van der Waals surface area contributed by atoms with Crippen molar-refractivity contribution in [3.63, 3.8) is 0 Å². The van der Waals surface area contributed by atoms with Crippen LogP contribution in [0.1, 0.15) is 27.9 Å². The summed E-state index contributed by atoms with van der Waals surface area (Å²) in [6.45, 7) is -0.329. The van der Waals surface area contributed by atoms with E-state index in [2.05, 4.69) is 0 Å². The molecule has 1 amide bonds. The molecule has 0 aromatic heterocycles. The first-order valence-electron chi connectivity index (χ1n) is 7.29. The van der Waals surface area contributed by atoms with Gasteiger partial charge in [0, 0.05) is 12.1 Å². The fourth-order valence-corrected chi connectivity index (χ4v) is 2.54. The number of carboxylic acids is 1. The van der Waals surface area contributed by atoms with Crippen molar-refractivity contribution in [3.8, 4) is 0 Å². The lowest BCUT2D eigenvalue weighted by atomic mass is 10.0. The summed E-state index contributed by atoms with van der Waals surface area (Å²) in [5, 5.41) is 8.85. The summed E-state index contributed by atoms with van der Waals surface area (Å²) in [6, 6.07) is -0.418. The highest BCUT2D eigenvalue weighted by molar-refractivity contribution is 5.95. The van der Waals surface area contributed by atoms with Gasteiger partial charge in [-0.15, -0.1) is 0 Å². The van der Waals surface area contributed by atoms with Crippen molar-refractivity contribution in [2.24, 2.45) is 0 Å². The number of alkyl halides is 6. The Balaban J connectivity index is 2.45. The molecule has 1 unspecified atom stereocenters. The Morgan fingerprint density at radius 2 is 1.62 bits per heavy atom. The van der Waals surface area contributed by atoms with E-state index in [1.807, 2.05) is 0 Å². The second-order valence-corrected chi connectivity index (χ2v) is 5.62. The van der Waals surface area contributed by atoms with E-state index in [-0.39, 0.29) is 25.8 Å². The maximum absolute atomic E-state index is 12.9. The maximum Gasteiger partial charge on any atom is 0.416 e. The summed E-state index contributed by atoms with van der Waals surface area (Å²) in [7, 11) is 0. The molecule has 5 nitrogen and oxygen atoms in total. The monoisotopic (exact) mass is 385 g/mol. The number of hydrogen-bond acceptors (Lipinski definition) is 3. The van der Waals surface area contributed by atoms with E-state index in [0.717, 1.165) is 4.90 Å². The molecule has 1 N–H and O–H groups in total. The summed E-state index contributed by atoms with van der Waals surface area (Å²) in [5.41, 5.74) is -4.04. The van der Waals surface area contributed by atoms with Crippen LogP contribution in [0.2, 0.25) is 0 Å². The van der Waals surface area contributed by atoms with E-state index >= 15 is 0 Å². The van der Waals surface area contributed by atoms with E-state index in [1.54, 1.807) is 0 Å². The van der Waals surface area contributed by atoms with Gasteiger partial charge < -0.3 is 14.7 Å². The smallest absolute Gasteiger partial charge is 0.416 e. The maximum atomic E-state index is 12.9. The van der Waals surface area contributed by atoms with Gasteiger partial charge in [0.1, 0.15) is 0 Å². The van der Waals surface area contributed by atoms with Gasteiger partial charge in [-0.1, -0.05) is 0 Å². The Bertz CT molecular complexity index is 668. The quantitative estimate of drug-likeness (QED) is 0.813. The van der Waals surface area contributed by atoms with Gasteiger partial charge in [0.2, 0.25) is 0 Å². The number of morpholine rings is 1. The normalized spacial score (nSPS) is 18.7. The standard InChI is InChI=1S/C15H13F6NO4/c16-14(17,18)9-3-8(4-10(5-9)15(19,20)21)13(25)22-1-2-26-7-11(22)6-12(23)24/h3-5,11H,1-2,6-7H2,(H,23,24). The van der Waals surface area contributed by atoms with Crippen LogP contribution in [0.15, 0.2) is 18.2 Å². The average Bonchev–Trinajstić information content (AvgIpc) is 2.52. The number of carbonyl (C=O) groups is 2. The number of nitrogens with zero attached hydrogens (tertiary/aromatic N) is 1. The molecule has 1 aromatic carbocycles. The van der Waals surface area contributed by atoms with E-state index in [0.29, 0.717) is 12.1 Å². The third-order valence-corrected chi connectivity index (χ3v) is 3.73. The van der Waals surface area contributed by atoms with Gasteiger partial charge in [-0.25, -0.2) is 0 Å². The number of aliphatic carboxylic acids is 1. The van der Waals surface area contributed by atoms with Gasteiger partial charge in [-0.3, -0.25) is 9.59 Å². The number of benzene rings is 1. The van der Waals surface area contributed by atoms with Gasteiger partial charge in [-0.05, 0) is 18.2 Å². The molecule has 0 saturated carbocycles. The second-order valence-electron chi connectivity index (χ2n) is 5.62. The summed E-state index contributed by atoms with van der Waals surface area (Å²) < 4.78 is 82.4. The molecule has 144 valence electrons. The number of ether oxygens (including phenoxy) is 1. The topological polar surface area (TPSA) is 66.8 Å². The lowest BCUT2D eigenvalue weighted by Gasteiger charge is -2.35. The zero-order valence-corrected chi connectivity index (χ0v) is 13.0. The molecule has 1 aliphatic heterocycles. The minimum atomic E-state index is -5.08. The molecule has 1 saturated heterocycles. The number of carboxylic acid groups (broad SMARTS) is 1. The number of carbonyl (C=O) groups excluding carboxylic acids is 1. The number of amides is 1. The van der Waals surface area contributed by atoms with Gasteiger partial charge in [0.05, 0.1) is 36.8 Å². The number of hydrogen-bond donors (Lipinski definition) is 1. The zero-order valence-electron chi connectivity index (χ0n) is 13.0. The second kappa shape index (κ2) is 7.14. The van der Waals surface area contributed by atoms with Crippen LogP contribution in [0.25, 0.3) is 0 Å². The first kappa shape index (κ1) is 20.0. The van der Waals surface area contributed by atoms with Crippen LogP contribution in [-0.2, 0) is 21.9 Å². The van der Waals surface area contributed by atoms with Crippen molar-refractivity contribution in [1.29, 1.82) is 0 Å². The molecule has 0 radical (unpaired) electrons. The Labute approximate surface area is 143 Å². The zero-order chi connectivity index (χ0) is 19.7. The van der Waals surface area contributed by atoms with E-state index in [4.69, 9.17) is 9.84 Å². The van der Waals surface area contributed by atoms with Crippen LogP contribution in [0, 0.1) is 0 Å². The predicted molar refractivity (Wildman–Crippen MR) is 74.3 cm³/mol. The highest BCUT2D eigenvalue weighted by Crippen LogP contribution is 2.36. The highest BCUT2D eigenvalue weighted by atomic mass is 19.4. The van der Waals surface area contributed by atoms with Gasteiger partial charge >= 0.3 is 18.3 Å². The summed E-state index contributed by atoms with van der Waals surface area (Å²) in [4.78, 5) is 24.3. The summed E-state index contributed by atoms with van der Waals surface area (Å²) in [6.07, 6.45) is -10.7. The van der Waals surface area contributed by atoms with Crippen molar-refractivity contribution in [3.05, 3.63) is 34.9 Å². The van der Waals surface area contributed by atoms with Crippen molar-refractivity contribution in [1.82, 2.24) is 4.90 Å². The molecule has 0 aliphatic carbocycles. The molecule has 11 heteroatoms. The largest absolute Gasteiger partial charge is 0.481 e. The lowest BCUT2D eigenvalue weighted by molar-refractivity contribution is -0.143. The average molecular weight is 385 g/mol. The molecule has 1 aromatic rings. The SMILES string of the molecule is O=C(O)CC1COCCN1C(=O)c1cc(C(F)(F)F)cc(C(F)(F)F)c1. The van der Waals surface area contributed by atoms with Crippen molar-refractivity contribution in [2.45, 2.75) is 24.8 Å². The predicted octanol–water partition coefficient (Wildman–Crippen LogP) is 3.04. The van der Waals surface area contributed by atoms with Crippen LogP contribution in [0.3, 0.4) is 0 Å². The Hall–Kier alpha value is -2.30. The molecule has 2 rings (SSSR count). The molecule has 1 atom stereocenters. The van der Waals surface area contributed by atoms with Crippen LogP contribution in [0.4, 0.5) is 26.3 Å². The van der Waals surface area contributed by atoms with Gasteiger partial charge in [0.25, 0.3) is 5.91 Å². The number of rotatable bonds is 3. The van der Waals surface area contributed by atoms with E-state index in [9.17, 15) is 35.9 Å². The van der Waals surface area contributed by atoms with Crippen molar-refractivity contribution >= 4 is 11.9 Å². The Morgan fingerprint density at radius 3 is 2.08 bits per heavy atom. The number of halogens is 6. The molecule has 26 heavy (non-hydrogen) atoms. The molecular weight excluding hydrogens is 372 g/mol. The van der Waals surface area contributed by atoms with Crippen LogP contribution in [0.5, 0.6) is 0 Å². The van der Waals surface area contributed by atoms with Gasteiger partial charge in [0.15, 0.2) is 0 Å². The van der Waals surface area contributed by atoms with E-state index < -0.39 is 53.4 Å². The van der Waals surface area contributed by atoms with Crippen LogP contribution in [-0.4, -0.2) is 47.7 Å². The van der Waals surface area contributed by atoms with Crippen molar-refractivity contribution < 1.29 is 45.8 Å². The first-order chi connectivity index (χ1) is 11.9. The molecule has 1 aliphatic rings. The molecule has 1 heterocycles. The minimum Gasteiger partial charge on any atom is -0.481 e. The third kappa shape index (κ3) is 4.65. The van der Waals surface area contributed by atoms with Gasteiger partial charge in [-0.2, -0.15) is 26.3 Å². The molecular formula is C15H13F6NO4. The highest BCUT2D eigenvalue weighted by Gasteiger charge is 2.38. The van der Waals surface area contributed by atoms with E-state index in [1.165, 1.54) is 0 Å².